The van der Waals surface area contributed by atoms with Gasteiger partial charge in [-0.1, -0.05) is 0 Å². The lowest BCUT2D eigenvalue weighted by atomic mass is 9.95. The van der Waals surface area contributed by atoms with E-state index in [4.69, 9.17) is 19.9 Å². The van der Waals surface area contributed by atoms with Crippen LogP contribution in [0.3, 0.4) is 0 Å². The van der Waals surface area contributed by atoms with Crippen molar-refractivity contribution in [3.63, 3.8) is 0 Å². The Morgan fingerprint density at radius 3 is 2.41 bits per heavy atom. The molecule has 1 aliphatic rings. The van der Waals surface area contributed by atoms with Crippen molar-refractivity contribution >= 4 is 35.8 Å². The molecule has 1 aliphatic heterocycles. The molecule has 8 nitrogen and oxygen atoms in total. The molecule has 1 heterocycles. The number of likely N-dealkylation sites (tertiary alicyclic amines) is 1. The Morgan fingerprint density at radius 1 is 1.24 bits per heavy atom. The lowest BCUT2D eigenvalue weighted by Crippen LogP contribution is -2.47. The highest BCUT2D eigenvalue weighted by molar-refractivity contribution is 14.0. The van der Waals surface area contributed by atoms with Crippen LogP contribution >= 0.6 is 24.0 Å². The molecule has 1 aromatic carbocycles. The van der Waals surface area contributed by atoms with E-state index in [1.54, 1.807) is 28.4 Å². The Labute approximate surface area is 190 Å². The molecule has 0 aromatic heterocycles. The number of guanidine groups is 1. The quantitative estimate of drug-likeness (QED) is 0.309. The molecular weight excluding hydrogens is 487 g/mol. The van der Waals surface area contributed by atoms with Gasteiger partial charge in [0.1, 0.15) is 17.2 Å². The Hall–Kier alpha value is -1.91. The first-order valence-electron chi connectivity index (χ1n) is 9.55. The van der Waals surface area contributed by atoms with Crippen molar-refractivity contribution < 1.29 is 19.0 Å². The summed E-state index contributed by atoms with van der Waals surface area (Å²) in [7, 11) is 6.66. The number of amides is 1. The van der Waals surface area contributed by atoms with E-state index in [0.29, 0.717) is 25.1 Å². The molecule has 1 atom stereocenters. The van der Waals surface area contributed by atoms with E-state index in [1.807, 2.05) is 12.1 Å². The van der Waals surface area contributed by atoms with Crippen LogP contribution in [0.1, 0.15) is 24.8 Å². The summed E-state index contributed by atoms with van der Waals surface area (Å²) >= 11 is 0. The monoisotopic (exact) mass is 520 g/mol. The zero-order valence-electron chi connectivity index (χ0n) is 17.7. The summed E-state index contributed by atoms with van der Waals surface area (Å²) < 4.78 is 16.3. The largest absolute Gasteiger partial charge is 0.496 e. The molecule has 1 saturated heterocycles. The summed E-state index contributed by atoms with van der Waals surface area (Å²) in [6.07, 6.45) is 3.18. The van der Waals surface area contributed by atoms with Crippen molar-refractivity contribution in [3.8, 4) is 17.2 Å². The van der Waals surface area contributed by atoms with Crippen LogP contribution in [-0.4, -0.2) is 64.8 Å². The number of nitrogens with two attached hydrogens (primary N) is 1. The highest BCUT2D eigenvalue weighted by Gasteiger charge is 2.23. The second kappa shape index (κ2) is 12.6. The van der Waals surface area contributed by atoms with Gasteiger partial charge < -0.3 is 30.2 Å². The molecule has 0 aliphatic carbocycles. The van der Waals surface area contributed by atoms with Crippen LogP contribution in [0, 0.1) is 5.92 Å². The van der Waals surface area contributed by atoms with Gasteiger partial charge in [-0.05, 0) is 25.2 Å². The van der Waals surface area contributed by atoms with Gasteiger partial charge in [0.25, 0.3) is 0 Å². The lowest BCUT2D eigenvalue weighted by Gasteiger charge is -2.34. The molecule has 1 aromatic rings. The Morgan fingerprint density at radius 2 is 1.90 bits per heavy atom. The number of methoxy groups -OCH3 is 3. The number of halogens is 1. The highest BCUT2D eigenvalue weighted by Crippen LogP contribution is 2.34. The van der Waals surface area contributed by atoms with Crippen LogP contribution in [0.5, 0.6) is 17.2 Å². The maximum atomic E-state index is 11.2. The van der Waals surface area contributed by atoms with Gasteiger partial charge in [-0.2, -0.15) is 0 Å². The van der Waals surface area contributed by atoms with E-state index < -0.39 is 0 Å². The summed E-state index contributed by atoms with van der Waals surface area (Å²) in [4.78, 5) is 17.8. The molecule has 0 spiro atoms. The number of hydrogen-bond donors (Lipinski definition) is 2. The van der Waals surface area contributed by atoms with Crippen molar-refractivity contribution in [1.29, 1.82) is 0 Å². The van der Waals surface area contributed by atoms with Gasteiger partial charge in [0.15, 0.2) is 5.96 Å². The topological polar surface area (TPSA) is 98.4 Å². The maximum Gasteiger partial charge on any atom is 0.217 e. The molecule has 29 heavy (non-hydrogen) atoms. The van der Waals surface area contributed by atoms with Crippen LogP contribution < -0.4 is 25.3 Å². The normalized spacial score (nSPS) is 16.6. The van der Waals surface area contributed by atoms with Gasteiger partial charge >= 0.3 is 0 Å². The highest BCUT2D eigenvalue weighted by atomic mass is 127. The summed E-state index contributed by atoms with van der Waals surface area (Å²) in [5.74, 6) is 3.02. The SMILES string of the molecule is CN=C(NCCc1c(OC)cc(OC)cc1OC)N1CCCC(CC(N)=O)C1.I. The summed E-state index contributed by atoms with van der Waals surface area (Å²) in [6, 6.07) is 3.71. The summed E-state index contributed by atoms with van der Waals surface area (Å²) in [5, 5.41) is 3.41. The third-order valence-electron chi connectivity index (χ3n) is 5.00. The van der Waals surface area contributed by atoms with Crippen molar-refractivity contribution in [2.45, 2.75) is 25.7 Å². The smallest absolute Gasteiger partial charge is 0.217 e. The number of benzene rings is 1. The van der Waals surface area contributed by atoms with Crippen molar-refractivity contribution in [1.82, 2.24) is 10.2 Å². The number of piperidine rings is 1. The van der Waals surface area contributed by atoms with E-state index in [-0.39, 0.29) is 35.8 Å². The molecule has 164 valence electrons. The molecule has 0 saturated carbocycles. The van der Waals surface area contributed by atoms with Crippen LogP contribution in [-0.2, 0) is 11.2 Å². The lowest BCUT2D eigenvalue weighted by molar-refractivity contribution is -0.119. The van der Waals surface area contributed by atoms with Crippen LogP contribution in [0.25, 0.3) is 0 Å². The van der Waals surface area contributed by atoms with Gasteiger partial charge in [0.05, 0.1) is 21.3 Å². The molecule has 1 unspecified atom stereocenters. The number of nitrogens with zero attached hydrogens (tertiary/aromatic N) is 2. The Kier molecular flexibility index (Phi) is 10.9. The fourth-order valence-corrected chi connectivity index (χ4v) is 3.66. The number of ether oxygens (including phenoxy) is 3. The van der Waals surface area contributed by atoms with E-state index in [2.05, 4.69) is 15.2 Å². The first-order valence-corrected chi connectivity index (χ1v) is 9.55. The number of nitrogens with one attached hydrogen (secondary N) is 1. The van der Waals surface area contributed by atoms with Crippen LogP contribution in [0.4, 0.5) is 0 Å². The maximum absolute atomic E-state index is 11.2. The molecular formula is C20H33IN4O4. The number of carbonyl (C=O) groups excluding carboxylic acids is 1. The van der Waals surface area contributed by atoms with Gasteiger partial charge in [0.2, 0.25) is 5.91 Å². The third kappa shape index (κ3) is 7.13. The first kappa shape index (κ1) is 25.1. The fraction of sp³-hybridized carbons (Fsp3) is 0.600. The Balaban J connectivity index is 0.00000420. The van der Waals surface area contributed by atoms with Crippen LogP contribution in [0.2, 0.25) is 0 Å². The average Bonchev–Trinajstić information content (AvgIpc) is 2.70. The van der Waals surface area contributed by atoms with Crippen molar-refractivity contribution in [3.05, 3.63) is 17.7 Å². The van der Waals surface area contributed by atoms with E-state index >= 15 is 0 Å². The second-order valence-corrected chi connectivity index (χ2v) is 6.86. The molecule has 2 rings (SSSR count). The summed E-state index contributed by atoms with van der Waals surface area (Å²) in [5.41, 5.74) is 6.33. The average molecular weight is 520 g/mol. The minimum Gasteiger partial charge on any atom is -0.496 e. The predicted molar refractivity (Wildman–Crippen MR) is 125 cm³/mol. The predicted octanol–water partition coefficient (Wildman–Crippen LogP) is 2.04. The minimum atomic E-state index is -0.242. The molecule has 1 amide bonds. The van der Waals surface area contributed by atoms with Gasteiger partial charge in [-0.15, -0.1) is 24.0 Å². The van der Waals surface area contributed by atoms with Gasteiger partial charge in [0, 0.05) is 50.8 Å². The molecule has 1 fully saturated rings. The van der Waals surface area contributed by atoms with Crippen molar-refractivity contribution in [2.24, 2.45) is 16.6 Å². The third-order valence-corrected chi connectivity index (χ3v) is 5.00. The van der Waals surface area contributed by atoms with Gasteiger partial charge in [-0.3, -0.25) is 9.79 Å². The standard InChI is InChI=1S/C20H32N4O4.HI/c1-22-20(24-9-5-6-14(13-24)10-19(21)25)23-8-7-16-17(27-3)11-15(26-2)12-18(16)28-4;/h11-12,14H,5-10,13H2,1-4H3,(H2,21,25)(H,22,23);1H. The van der Waals surface area contributed by atoms with Gasteiger partial charge in [-0.25, -0.2) is 0 Å². The van der Waals surface area contributed by atoms with E-state index in [1.165, 1.54) is 0 Å². The van der Waals surface area contributed by atoms with E-state index in [9.17, 15) is 4.79 Å². The number of carbonyl (C=O) groups is 1. The zero-order valence-corrected chi connectivity index (χ0v) is 20.0. The molecule has 0 bridgehead atoms. The fourth-order valence-electron chi connectivity index (χ4n) is 3.66. The molecule has 3 N–H and O–H groups in total. The minimum absolute atomic E-state index is 0. The number of aliphatic imine (C=N–C) groups is 1. The first-order chi connectivity index (χ1) is 13.5. The Bertz CT molecular complexity index is 674. The second-order valence-electron chi connectivity index (χ2n) is 6.86. The van der Waals surface area contributed by atoms with E-state index in [0.717, 1.165) is 49.0 Å². The number of primary amides is 1. The molecule has 9 heteroatoms. The summed E-state index contributed by atoms with van der Waals surface area (Å²) in [6.45, 7) is 2.38. The number of rotatable bonds is 8. The van der Waals surface area contributed by atoms with Crippen LogP contribution in [0.15, 0.2) is 17.1 Å². The molecule has 0 radical (unpaired) electrons. The van der Waals surface area contributed by atoms with Crippen molar-refractivity contribution in [2.75, 3.05) is 48.0 Å². The number of hydrogen-bond acceptors (Lipinski definition) is 5. The zero-order chi connectivity index (χ0) is 20.5.